The van der Waals surface area contributed by atoms with E-state index in [1.807, 2.05) is 4.90 Å². The number of carbonyl (C=O) groups excluding carboxylic acids is 1. The number of amidine groups is 1. The molecule has 2 unspecified atom stereocenters. The second kappa shape index (κ2) is 5.99. The minimum Gasteiger partial charge on any atom is -0.409 e. The van der Waals surface area contributed by atoms with E-state index in [0.29, 0.717) is 26.1 Å². The largest absolute Gasteiger partial charge is 0.409 e. The molecule has 0 spiro atoms. The molecule has 2 saturated heterocycles. The monoisotopic (exact) mass is 283 g/mol. The number of oxime groups is 1. The molecule has 0 aromatic heterocycles. The van der Waals surface area contributed by atoms with Gasteiger partial charge in [0.25, 0.3) is 0 Å². The Balaban J connectivity index is 2.30. The Labute approximate surface area is 119 Å². The summed E-state index contributed by atoms with van der Waals surface area (Å²) in [7, 11) is 0. The maximum Gasteiger partial charge on any atom is 0.237 e. The molecule has 20 heavy (non-hydrogen) atoms. The van der Waals surface area contributed by atoms with Gasteiger partial charge in [-0.1, -0.05) is 5.16 Å². The van der Waals surface area contributed by atoms with Gasteiger partial charge >= 0.3 is 0 Å². The predicted molar refractivity (Wildman–Crippen MR) is 75.5 cm³/mol. The summed E-state index contributed by atoms with van der Waals surface area (Å²) in [6.07, 6.45) is 4.14. The van der Waals surface area contributed by atoms with Crippen molar-refractivity contribution in [2.45, 2.75) is 58.0 Å². The Kier molecular flexibility index (Phi) is 4.52. The van der Waals surface area contributed by atoms with Crippen LogP contribution in [-0.2, 0) is 9.53 Å². The maximum atomic E-state index is 13.1. The number of carbonyl (C=O) groups is 1. The lowest BCUT2D eigenvalue weighted by Crippen LogP contribution is -2.59. The molecule has 2 heterocycles. The Bertz CT molecular complexity index is 381. The molecular weight excluding hydrogens is 258 g/mol. The second-order valence-corrected chi connectivity index (χ2v) is 6.02. The number of ether oxygens (including phenoxy) is 1. The van der Waals surface area contributed by atoms with Crippen molar-refractivity contribution < 1.29 is 14.7 Å². The van der Waals surface area contributed by atoms with Gasteiger partial charge in [0.05, 0.1) is 0 Å². The summed E-state index contributed by atoms with van der Waals surface area (Å²) >= 11 is 0. The van der Waals surface area contributed by atoms with Crippen molar-refractivity contribution in [3.05, 3.63) is 0 Å². The number of hydrogen-bond donors (Lipinski definition) is 2. The first-order valence-electron chi connectivity index (χ1n) is 7.41. The average molecular weight is 283 g/mol. The fourth-order valence-corrected chi connectivity index (χ4v) is 3.46. The second-order valence-electron chi connectivity index (χ2n) is 6.02. The van der Waals surface area contributed by atoms with Crippen LogP contribution in [0.25, 0.3) is 0 Å². The molecule has 114 valence electrons. The standard InChI is InChI=1S/C14H25N3O3/c1-10-4-3-5-11(2)17(10)13(18)14(12(15)16-19)6-8-20-9-7-14/h10-11,19H,3-9H2,1-2H3,(H2,15,16). The maximum absolute atomic E-state index is 13.1. The molecule has 6 nitrogen and oxygen atoms in total. The van der Waals surface area contributed by atoms with Gasteiger partial charge in [0.15, 0.2) is 5.84 Å². The predicted octanol–water partition coefficient (Wildman–Crippen LogP) is 1.32. The highest BCUT2D eigenvalue weighted by atomic mass is 16.5. The van der Waals surface area contributed by atoms with Crippen molar-refractivity contribution in [3.8, 4) is 0 Å². The molecule has 3 N–H and O–H groups in total. The average Bonchev–Trinajstić information content (AvgIpc) is 2.46. The summed E-state index contributed by atoms with van der Waals surface area (Å²) in [5, 5.41) is 12.2. The van der Waals surface area contributed by atoms with Crippen LogP contribution in [0, 0.1) is 5.41 Å². The molecule has 0 aromatic carbocycles. The van der Waals surface area contributed by atoms with Crippen LogP contribution in [0.5, 0.6) is 0 Å². The van der Waals surface area contributed by atoms with Crippen LogP contribution in [0.15, 0.2) is 5.16 Å². The van der Waals surface area contributed by atoms with Gasteiger partial charge in [0.1, 0.15) is 5.41 Å². The Morgan fingerprint density at radius 1 is 1.30 bits per heavy atom. The van der Waals surface area contributed by atoms with Crippen molar-refractivity contribution in [3.63, 3.8) is 0 Å². The zero-order valence-corrected chi connectivity index (χ0v) is 12.3. The molecule has 2 rings (SSSR count). The van der Waals surface area contributed by atoms with E-state index < -0.39 is 5.41 Å². The van der Waals surface area contributed by atoms with Crippen molar-refractivity contribution in [2.75, 3.05) is 13.2 Å². The summed E-state index contributed by atoms with van der Waals surface area (Å²) in [5.41, 5.74) is 4.98. The topological polar surface area (TPSA) is 88.2 Å². The molecule has 0 aliphatic carbocycles. The van der Waals surface area contributed by atoms with Gasteiger partial charge < -0.3 is 20.6 Å². The first-order valence-corrected chi connectivity index (χ1v) is 7.41. The van der Waals surface area contributed by atoms with Crippen LogP contribution < -0.4 is 5.73 Å². The Morgan fingerprint density at radius 3 is 2.35 bits per heavy atom. The van der Waals surface area contributed by atoms with Crippen LogP contribution in [0.2, 0.25) is 0 Å². The fourth-order valence-electron chi connectivity index (χ4n) is 3.46. The number of likely N-dealkylation sites (tertiary alicyclic amines) is 1. The molecule has 0 radical (unpaired) electrons. The number of nitrogens with zero attached hydrogens (tertiary/aromatic N) is 2. The summed E-state index contributed by atoms with van der Waals surface area (Å²) in [4.78, 5) is 15.0. The van der Waals surface area contributed by atoms with Crippen molar-refractivity contribution >= 4 is 11.7 Å². The molecule has 2 aliphatic rings. The lowest BCUT2D eigenvalue weighted by Gasteiger charge is -2.45. The van der Waals surface area contributed by atoms with E-state index in [1.165, 1.54) is 0 Å². The first kappa shape index (κ1) is 15.1. The molecule has 0 saturated carbocycles. The molecular formula is C14H25N3O3. The molecule has 1 amide bonds. The summed E-state index contributed by atoms with van der Waals surface area (Å²) < 4.78 is 5.35. The molecule has 2 aliphatic heterocycles. The third-order valence-corrected chi connectivity index (χ3v) is 4.78. The number of amides is 1. The number of nitrogens with two attached hydrogens (primary N) is 1. The smallest absolute Gasteiger partial charge is 0.237 e. The van der Waals surface area contributed by atoms with Gasteiger partial charge in [-0.3, -0.25) is 4.79 Å². The fraction of sp³-hybridized carbons (Fsp3) is 0.857. The van der Waals surface area contributed by atoms with Gasteiger partial charge in [0.2, 0.25) is 5.91 Å². The van der Waals surface area contributed by atoms with Crippen molar-refractivity contribution in [2.24, 2.45) is 16.3 Å². The van der Waals surface area contributed by atoms with Gasteiger partial charge in [0, 0.05) is 25.3 Å². The highest BCUT2D eigenvalue weighted by molar-refractivity contribution is 6.07. The van der Waals surface area contributed by atoms with E-state index >= 15 is 0 Å². The van der Waals surface area contributed by atoms with Crippen LogP contribution in [0.1, 0.15) is 46.0 Å². The summed E-state index contributed by atoms with van der Waals surface area (Å²) in [6.45, 7) is 5.09. The van der Waals surface area contributed by atoms with E-state index in [2.05, 4.69) is 19.0 Å². The van der Waals surface area contributed by atoms with Crippen molar-refractivity contribution in [1.82, 2.24) is 4.90 Å². The third-order valence-electron chi connectivity index (χ3n) is 4.78. The molecule has 0 aromatic rings. The summed E-state index contributed by atoms with van der Waals surface area (Å²) in [5.74, 6) is 0.0200. The van der Waals surface area contributed by atoms with E-state index in [4.69, 9.17) is 15.7 Å². The summed E-state index contributed by atoms with van der Waals surface area (Å²) in [6, 6.07) is 0.412. The lowest BCUT2D eigenvalue weighted by molar-refractivity contribution is -0.149. The van der Waals surface area contributed by atoms with Gasteiger partial charge in [-0.2, -0.15) is 0 Å². The third kappa shape index (κ3) is 2.49. The van der Waals surface area contributed by atoms with Gasteiger partial charge in [-0.15, -0.1) is 0 Å². The van der Waals surface area contributed by atoms with E-state index in [9.17, 15) is 4.79 Å². The van der Waals surface area contributed by atoms with E-state index in [0.717, 1.165) is 19.3 Å². The van der Waals surface area contributed by atoms with E-state index in [-0.39, 0.29) is 23.8 Å². The quantitative estimate of drug-likeness (QED) is 0.346. The minimum absolute atomic E-state index is 0.00389. The zero-order valence-electron chi connectivity index (χ0n) is 12.3. The number of rotatable bonds is 2. The SMILES string of the molecule is CC1CCCC(C)N1C(=O)C1(C(N)=NO)CCOCC1. The number of piperidine rings is 1. The van der Waals surface area contributed by atoms with Gasteiger partial charge in [-0.05, 0) is 46.0 Å². The highest BCUT2D eigenvalue weighted by Gasteiger charge is 2.48. The first-order chi connectivity index (χ1) is 9.53. The Morgan fingerprint density at radius 2 is 1.85 bits per heavy atom. The zero-order chi connectivity index (χ0) is 14.8. The Hall–Kier alpha value is -1.30. The normalized spacial score (nSPS) is 31.1. The van der Waals surface area contributed by atoms with Crippen LogP contribution in [0.3, 0.4) is 0 Å². The van der Waals surface area contributed by atoms with Crippen molar-refractivity contribution in [1.29, 1.82) is 0 Å². The van der Waals surface area contributed by atoms with E-state index in [1.54, 1.807) is 0 Å². The molecule has 2 atom stereocenters. The molecule has 0 bridgehead atoms. The minimum atomic E-state index is -0.896. The highest BCUT2D eigenvalue weighted by Crippen LogP contribution is 2.36. The number of hydrogen-bond acceptors (Lipinski definition) is 4. The van der Waals surface area contributed by atoms with Crippen LogP contribution >= 0.6 is 0 Å². The van der Waals surface area contributed by atoms with Crippen LogP contribution in [-0.4, -0.2) is 47.1 Å². The molecule has 6 heteroatoms. The molecule has 2 fully saturated rings. The van der Waals surface area contributed by atoms with Gasteiger partial charge in [-0.25, -0.2) is 0 Å². The van der Waals surface area contributed by atoms with Crippen LogP contribution in [0.4, 0.5) is 0 Å². The lowest BCUT2D eigenvalue weighted by atomic mass is 9.76.